The lowest BCUT2D eigenvalue weighted by atomic mass is 9.95. The molecule has 0 aliphatic heterocycles. The van der Waals surface area contributed by atoms with E-state index >= 15 is 0 Å². The number of nitrogens with one attached hydrogen (secondary N) is 2. The van der Waals surface area contributed by atoms with E-state index in [-0.39, 0.29) is 17.8 Å². The van der Waals surface area contributed by atoms with E-state index in [1.807, 2.05) is 11.8 Å². The van der Waals surface area contributed by atoms with Crippen molar-refractivity contribution in [3.8, 4) is 0 Å². The molecule has 2 N–H and O–H groups in total. The highest BCUT2D eigenvalue weighted by Crippen LogP contribution is 2.27. The predicted molar refractivity (Wildman–Crippen MR) is 77.4 cm³/mol. The topological polar surface area (TPSA) is 70.7 Å². The van der Waals surface area contributed by atoms with Gasteiger partial charge in [-0.15, -0.1) is 5.10 Å². The van der Waals surface area contributed by atoms with Crippen LogP contribution in [-0.2, 0) is 6.42 Å². The molecule has 0 radical (unpaired) electrons. The summed E-state index contributed by atoms with van der Waals surface area (Å²) >= 11 is 1.84. The number of amides is 1. The zero-order valence-corrected chi connectivity index (χ0v) is 12.4. The predicted octanol–water partition coefficient (Wildman–Crippen LogP) is 2.16. The molecule has 0 aromatic carbocycles. The van der Waals surface area contributed by atoms with Crippen molar-refractivity contribution in [2.24, 2.45) is 0 Å². The first kappa shape index (κ1) is 14.4. The normalized spacial score (nSPS) is 23.3. The molecule has 1 fully saturated rings. The highest BCUT2D eigenvalue weighted by molar-refractivity contribution is 7.99. The Morgan fingerprint density at radius 3 is 3.00 bits per heavy atom. The molecule has 0 bridgehead atoms. The summed E-state index contributed by atoms with van der Waals surface area (Å²) in [5, 5.41) is 10.4. The van der Waals surface area contributed by atoms with Crippen LogP contribution in [0.5, 0.6) is 0 Å². The number of rotatable bonds is 5. The Balaban J connectivity index is 1.95. The van der Waals surface area contributed by atoms with E-state index in [0.717, 1.165) is 25.1 Å². The van der Waals surface area contributed by atoms with E-state index in [1.54, 1.807) is 0 Å². The van der Waals surface area contributed by atoms with Gasteiger partial charge < -0.3 is 5.32 Å². The van der Waals surface area contributed by atoms with Crippen LogP contribution in [0.25, 0.3) is 0 Å². The minimum atomic E-state index is -0.149. The summed E-state index contributed by atoms with van der Waals surface area (Å²) in [6.45, 7) is 2.08. The zero-order chi connectivity index (χ0) is 13.7. The van der Waals surface area contributed by atoms with Crippen LogP contribution < -0.4 is 5.32 Å². The maximum atomic E-state index is 12.1. The number of aromatic amines is 1. The van der Waals surface area contributed by atoms with Crippen molar-refractivity contribution < 1.29 is 4.79 Å². The molecule has 0 spiro atoms. The number of hydrogen-bond donors (Lipinski definition) is 2. The zero-order valence-electron chi connectivity index (χ0n) is 11.6. The van der Waals surface area contributed by atoms with Crippen LogP contribution in [0.1, 0.15) is 55.5 Å². The van der Waals surface area contributed by atoms with Crippen molar-refractivity contribution in [2.75, 3.05) is 6.26 Å². The summed E-state index contributed by atoms with van der Waals surface area (Å²) in [5.41, 5.74) is 0. The van der Waals surface area contributed by atoms with Gasteiger partial charge >= 0.3 is 0 Å². The molecule has 2 atom stereocenters. The van der Waals surface area contributed by atoms with Crippen molar-refractivity contribution in [3.05, 3.63) is 11.6 Å². The van der Waals surface area contributed by atoms with E-state index in [0.29, 0.717) is 5.25 Å². The van der Waals surface area contributed by atoms with Crippen molar-refractivity contribution in [2.45, 2.75) is 56.7 Å². The molecule has 1 heterocycles. The van der Waals surface area contributed by atoms with Gasteiger partial charge in [-0.3, -0.25) is 9.89 Å². The second kappa shape index (κ2) is 6.93. The number of aromatic nitrogens is 3. The second-order valence-corrected chi connectivity index (χ2v) is 6.07. The molecule has 1 aliphatic rings. The monoisotopic (exact) mass is 282 g/mol. The van der Waals surface area contributed by atoms with Crippen LogP contribution in [0.15, 0.2) is 0 Å². The summed E-state index contributed by atoms with van der Waals surface area (Å²) in [4.78, 5) is 16.4. The number of H-pyrrole nitrogens is 1. The molecule has 19 heavy (non-hydrogen) atoms. The van der Waals surface area contributed by atoms with Crippen LogP contribution in [0.3, 0.4) is 0 Å². The summed E-state index contributed by atoms with van der Waals surface area (Å²) in [5.74, 6) is 0.913. The van der Waals surface area contributed by atoms with Gasteiger partial charge in [0.2, 0.25) is 5.82 Å². The molecule has 1 amide bonds. The van der Waals surface area contributed by atoms with Gasteiger partial charge in [-0.05, 0) is 25.5 Å². The number of nitrogens with zero attached hydrogens (tertiary/aromatic N) is 2. The third kappa shape index (κ3) is 3.72. The number of aryl methyl sites for hydroxylation is 1. The summed E-state index contributed by atoms with van der Waals surface area (Å²) in [7, 11) is 0. The lowest BCUT2D eigenvalue weighted by molar-refractivity contribution is 0.0919. The van der Waals surface area contributed by atoms with E-state index in [4.69, 9.17) is 0 Å². The minimum Gasteiger partial charge on any atom is -0.345 e. The van der Waals surface area contributed by atoms with Gasteiger partial charge in [-0.2, -0.15) is 11.8 Å². The van der Waals surface area contributed by atoms with Crippen molar-refractivity contribution in [1.82, 2.24) is 20.5 Å². The average Bonchev–Trinajstić information content (AvgIpc) is 2.88. The third-order valence-electron chi connectivity index (χ3n) is 3.54. The van der Waals surface area contributed by atoms with Crippen molar-refractivity contribution in [1.29, 1.82) is 0 Å². The molecular weight excluding hydrogens is 260 g/mol. The minimum absolute atomic E-state index is 0.149. The molecular formula is C13H22N4OS. The first-order chi connectivity index (χ1) is 9.24. The third-order valence-corrected chi connectivity index (χ3v) is 4.71. The van der Waals surface area contributed by atoms with Crippen LogP contribution in [0.4, 0.5) is 0 Å². The Bertz CT molecular complexity index is 421. The first-order valence-corrected chi connectivity index (χ1v) is 8.28. The van der Waals surface area contributed by atoms with E-state index in [2.05, 4.69) is 33.7 Å². The quantitative estimate of drug-likeness (QED) is 0.868. The highest BCUT2D eigenvalue weighted by atomic mass is 32.2. The van der Waals surface area contributed by atoms with Crippen LogP contribution >= 0.6 is 11.8 Å². The van der Waals surface area contributed by atoms with Gasteiger partial charge in [0.15, 0.2) is 0 Å². The SMILES string of the molecule is CCCc1nc(C(=O)NC2CCCCC2SC)n[nH]1. The molecule has 1 aromatic heterocycles. The molecule has 2 unspecified atom stereocenters. The fraction of sp³-hybridized carbons (Fsp3) is 0.769. The summed E-state index contributed by atoms with van der Waals surface area (Å²) < 4.78 is 0. The van der Waals surface area contributed by atoms with Gasteiger partial charge in [0, 0.05) is 17.7 Å². The lowest BCUT2D eigenvalue weighted by Crippen LogP contribution is -2.44. The van der Waals surface area contributed by atoms with Gasteiger partial charge in [-0.1, -0.05) is 19.8 Å². The summed E-state index contributed by atoms with van der Waals surface area (Å²) in [6.07, 6.45) is 8.63. The van der Waals surface area contributed by atoms with E-state index in [9.17, 15) is 4.79 Å². The number of carbonyl (C=O) groups is 1. The molecule has 6 heteroatoms. The summed E-state index contributed by atoms with van der Waals surface area (Å²) in [6, 6.07) is 0.254. The maximum absolute atomic E-state index is 12.1. The fourth-order valence-corrected chi connectivity index (χ4v) is 3.46. The van der Waals surface area contributed by atoms with E-state index in [1.165, 1.54) is 19.3 Å². The molecule has 0 saturated heterocycles. The fourth-order valence-electron chi connectivity index (χ4n) is 2.52. The molecule has 2 rings (SSSR count). The second-order valence-electron chi connectivity index (χ2n) is 4.99. The Morgan fingerprint density at radius 1 is 1.47 bits per heavy atom. The van der Waals surface area contributed by atoms with Gasteiger partial charge in [0.25, 0.3) is 5.91 Å². The first-order valence-electron chi connectivity index (χ1n) is 6.99. The number of thioether (sulfide) groups is 1. The Kier molecular flexibility index (Phi) is 5.24. The molecule has 1 aromatic rings. The Labute approximate surface area is 118 Å². The smallest absolute Gasteiger partial charge is 0.291 e. The average molecular weight is 282 g/mol. The number of carbonyl (C=O) groups excluding carboxylic acids is 1. The standard InChI is InChI=1S/C13H22N4OS/c1-3-6-11-15-12(17-16-11)13(18)14-9-7-4-5-8-10(9)19-2/h9-10H,3-8H2,1-2H3,(H,14,18)(H,15,16,17). The van der Waals surface area contributed by atoms with Crippen molar-refractivity contribution >= 4 is 17.7 Å². The van der Waals surface area contributed by atoms with Gasteiger partial charge in [0.1, 0.15) is 5.82 Å². The largest absolute Gasteiger partial charge is 0.345 e. The number of hydrogen-bond acceptors (Lipinski definition) is 4. The molecule has 1 aliphatic carbocycles. The Morgan fingerprint density at radius 2 is 2.26 bits per heavy atom. The van der Waals surface area contributed by atoms with Gasteiger partial charge in [0.05, 0.1) is 0 Å². The van der Waals surface area contributed by atoms with Gasteiger partial charge in [-0.25, -0.2) is 4.98 Å². The maximum Gasteiger partial charge on any atom is 0.291 e. The van der Waals surface area contributed by atoms with Crippen LogP contribution in [0, 0.1) is 0 Å². The Hall–Kier alpha value is -1.04. The molecule has 1 saturated carbocycles. The van der Waals surface area contributed by atoms with E-state index < -0.39 is 0 Å². The highest BCUT2D eigenvalue weighted by Gasteiger charge is 2.27. The molecule has 106 valence electrons. The molecule has 5 nitrogen and oxygen atoms in total. The van der Waals surface area contributed by atoms with Crippen LogP contribution in [0.2, 0.25) is 0 Å². The van der Waals surface area contributed by atoms with Crippen molar-refractivity contribution in [3.63, 3.8) is 0 Å². The lowest BCUT2D eigenvalue weighted by Gasteiger charge is -2.30. The van der Waals surface area contributed by atoms with Crippen LogP contribution in [-0.4, -0.2) is 38.6 Å².